The van der Waals surface area contributed by atoms with Gasteiger partial charge in [-0.05, 0) is 24.7 Å². The monoisotopic (exact) mass is 309 g/mol. The summed E-state index contributed by atoms with van der Waals surface area (Å²) >= 11 is 0. The number of Topliss-reactive ketones (excluding diaryl/α,β-unsaturated/α-hetero) is 1. The maximum atomic E-state index is 12.3. The van der Waals surface area contributed by atoms with E-state index in [-0.39, 0.29) is 17.6 Å². The molecule has 0 amide bonds. The molecule has 0 saturated heterocycles. The van der Waals surface area contributed by atoms with Gasteiger partial charge in [0.1, 0.15) is 6.61 Å². The topological polar surface area (TPSA) is 38.7 Å². The van der Waals surface area contributed by atoms with Crippen LogP contribution in [0.5, 0.6) is 0 Å². The van der Waals surface area contributed by atoms with E-state index in [1.807, 2.05) is 20.8 Å². The summed E-state index contributed by atoms with van der Waals surface area (Å²) in [5, 5.41) is 4.25. The van der Waals surface area contributed by atoms with Crippen molar-refractivity contribution in [2.45, 2.75) is 67.7 Å². The second-order valence-electron chi connectivity index (χ2n) is 6.81. The first-order valence-corrected chi connectivity index (χ1v) is 8.69. The molecule has 128 valence electrons. The van der Waals surface area contributed by atoms with Crippen molar-refractivity contribution in [3.05, 3.63) is 12.2 Å². The molecule has 0 aliphatic rings. The average molecular weight is 309 g/mol. The van der Waals surface area contributed by atoms with Crippen molar-refractivity contribution < 1.29 is 9.63 Å². The molecule has 0 aromatic heterocycles. The minimum absolute atomic E-state index is 0.0573. The van der Waals surface area contributed by atoms with Crippen LogP contribution in [0.4, 0.5) is 0 Å². The molecule has 3 atom stereocenters. The number of rotatable bonds is 11. The molecular weight excluding hydrogens is 274 g/mol. The molecule has 0 aliphatic heterocycles. The first-order valence-electron chi connectivity index (χ1n) is 8.69. The van der Waals surface area contributed by atoms with Gasteiger partial charge < -0.3 is 4.84 Å². The van der Waals surface area contributed by atoms with Crippen molar-refractivity contribution in [3.8, 4) is 0 Å². The molecule has 3 heteroatoms. The van der Waals surface area contributed by atoms with Gasteiger partial charge in [-0.25, -0.2) is 0 Å². The maximum Gasteiger partial charge on any atom is 0.166 e. The first-order chi connectivity index (χ1) is 10.3. The van der Waals surface area contributed by atoms with E-state index in [0.29, 0.717) is 24.0 Å². The SMILES string of the molecule is C=C(C(=O)C(C)C)/C(=N\OCCC)C(C)CC(C)C(C)CC. The van der Waals surface area contributed by atoms with E-state index >= 15 is 0 Å². The van der Waals surface area contributed by atoms with Crippen molar-refractivity contribution in [1.29, 1.82) is 0 Å². The van der Waals surface area contributed by atoms with Crippen LogP contribution in [0.15, 0.2) is 17.3 Å². The Labute approximate surface area is 137 Å². The predicted octanol–water partition coefficient (Wildman–Crippen LogP) is 5.26. The Morgan fingerprint density at radius 3 is 2.14 bits per heavy atom. The molecule has 0 spiro atoms. The third kappa shape index (κ3) is 6.76. The van der Waals surface area contributed by atoms with Gasteiger partial charge in [0.15, 0.2) is 5.78 Å². The highest BCUT2D eigenvalue weighted by Crippen LogP contribution is 2.25. The van der Waals surface area contributed by atoms with Gasteiger partial charge in [0.25, 0.3) is 0 Å². The quantitative estimate of drug-likeness (QED) is 0.226. The van der Waals surface area contributed by atoms with Gasteiger partial charge in [-0.15, -0.1) is 0 Å². The minimum atomic E-state index is -0.0666. The number of carbonyl (C=O) groups excluding carboxylic acids is 1. The summed E-state index contributed by atoms with van der Waals surface area (Å²) in [5.74, 6) is 1.41. The van der Waals surface area contributed by atoms with Crippen LogP contribution in [-0.4, -0.2) is 18.1 Å². The Bertz CT molecular complexity index is 385. The highest BCUT2D eigenvalue weighted by molar-refractivity contribution is 6.22. The Kier molecular flexibility index (Phi) is 10.0. The number of nitrogens with zero attached hydrogens (tertiary/aromatic N) is 1. The van der Waals surface area contributed by atoms with Gasteiger partial charge in [-0.2, -0.15) is 0 Å². The fraction of sp³-hybridized carbons (Fsp3) is 0.789. The van der Waals surface area contributed by atoms with Crippen LogP contribution in [-0.2, 0) is 9.63 Å². The van der Waals surface area contributed by atoms with E-state index < -0.39 is 0 Å². The summed E-state index contributed by atoms with van der Waals surface area (Å²) in [5.41, 5.74) is 1.23. The van der Waals surface area contributed by atoms with E-state index in [0.717, 1.165) is 18.6 Å². The van der Waals surface area contributed by atoms with Crippen LogP contribution < -0.4 is 0 Å². The van der Waals surface area contributed by atoms with Gasteiger partial charge in [0.05, 0.1) is 5.71 Å². The van der Waals surface area contributed by atoms with E-state index in [9.17, 15) is 4.79 Å². The van der Waals surface area contributed by atoms with Crippen LogP contribution in [0.3, 0.4) is 0 Å². The first kappa shape index (κ1) is 20.9. The molecule has 0 aromatic carbocycles. The van der Waals surface area contributed by atoms with Crippen LogP contribution in [0, 0.1) is 23.7 Å². The molecule has 22 heavy (non-hydrogen) atoms. The Hall–Kier alpha value is -1.12. The van der Waals surface area contributed by atoms with E-state index in [2.05, 4.69) is 39.4 Å². The number of ketones is 1. The molecule has 0 bridgehead atoms. The standard InChI is InChI=1S/C19H35NO2/c1-9-11-22-20-18(17(8)19(21)13(3)4)16(7)12-15(6)14(5)10-2/h13-16H,8-12H2,1-7H3/b20-18-. The largest absolute Gasteiger partial charge is 0.396 e. The molecule has 0 heterocycles. The van der Waals surface area contributed by atoms with Gasteiger partial charge >= 0.3 is 0 Å². The van der Waals surface area contributed by atoms with Crippen molar-refractivity contribution in [2.75, 3.05) is 6.61 Å². The highest BCUT2D eigenvalue weighted by Gasteiger charge is 2.25. The Morgan fingerprint density at radius 1 is 1.09 bits per heavy atom. The summed E-state index contributed by atoms with van der Waals surface area (Å²) in [6.07, 6.45) is 3.06. The molecular formula is C19H35NO2. The molecule has 3 nitrogen and oxygen atoms in total. The zero-order chi connectivity index (χ0) is 17.3. The molecule has 0 radical (unpaired) electrons. The Balaban J connectivity index is 5.10. The van der Waals surface area contributed by atoms with Crippen LogP contribution in [0.1, 0.15) is 67.7 Å². The number of hydrogen-bond donors (Lipinski definition) is 0. The average Bonchev–Trinajstić information content (AvgIpc) is 2.48. The number of hydrogen-bond acceptors (Lipinski definition) is 3. The van der Waals surface area contributed by atoms with Crippen LogP contribution >= 0.6 is 0 Å². The predicted molar refractivity (Wildman–Crippen MR) is 95.1 cm³/mol. The lowest BCUT2D eigenvalue weighted by Crippen LogP contribution is -2.25. The summed E-state index contributed by atoms with van der Waals surface area (Å²) in [6.45, 7) is 19.3. The maximum absolute atomic E-state index is 12.3. The van der Waals surface area contributed by atoms with Crippen molar-refractivity contribution in [3.63, 3.8) is 0 Å². The van der Waals surface area contributed by atoms with Gasteiger partial charge in [-0.1, -0.05) is 66.6 Å². The number of oxime groups is 1. The lowest BCUT2D eigenvalue weighted by atomic mass is 9.82. The molecule has 0 N–H and O–H groups in total. The van der Waals surface area contributed by atoms with Crippen molar-refractivity contribution in [1.82, 2.24) is 0 Å². The second-order valence-corrected chi connectivity index (χ2v) is 6.81. The van der Waals surface area contributed by atoms with Crippen LogP contribution in [0.2, 0.25) is 0 Å². The molecule has 0 saturated carbocycles. The summed E-state index contributed by atoms with van der Waals surface area (Å²) in [7, 11) is 0. The lowest BCUT2D eigenvalue weighted by Gasteiger charge is -2.24. The third-order valence-corrected chi connectivity index (χ3v) is 4.40. The zero-order valence-corrected chi connectivity index (χ0v) is 15.6. The van der Waals surface area contributed by atoms with E-state index in [4.69, 9.17) is 4.84 Å². The fourth-order valence-electron chi connectivity index (χ4n) is 2.43. The van der Waals surface area contributed by atoms with Gasteiger partial charge in [0.2, 0.25) is 0 Å². The van der Waals surface area contributed by atoms with Crippen molar-refractivity contribution in [2.24, 2.45) is 28.8 Å². The summed E-state index contributed by atoms with van der Waals surface area (Å²) < 4.78 is 0. The van der Waals surface area contributed by atoms with E-state index in [1.165, 1.54) is 6.42 Å². The lowest BCUT2D eigenvalue weighted by molar-refractivity contribution is -0.117. The van der Waals surface area contributed by atoms with Gasteiger partial charge in [-0.3, -0.25) is 4.79 Å². The summed E-state index contributed by atoms with van der Waals surface area (Å²) in [4.78, 5) is 17.6. The zero-order valence-electron chi connectivity index (χ0n) is 15.6. The minimum Gasteiger partial charge on any atom is -0.396 e. The normalized spacial score (nSPS) is 16.3. The summed E-state index contributed by atoms with van der Waals surface area (Å²) in [6, 6.07) is 0. The molecule has 3 unspecified atom stereocenters. The van der Waals surface area contributed by atoms with Crippen LogP contribution in [0.25, 0.3) is 0 Å². The molecule has 0 fully saturated rings. The number of allylic oxidation sites excluding steroid dienone is 1. The molecule has 0 aromatic rings. The molecule has 0 rings (SSSR count). The third-order valence-electron chi connectivity index (χ3n) is 4.40. The second kappa shape index (κ2) is 10.6. The Morgan fingerprint density at radius 2 is 1.68 bits per heavy atom. The number of carbonyl (C=O) groups is 1. The fourth-order valence-corrected chi connectivity index (χ4v) is 2.43. The van der Waals surface area contributed by atoms with E-state index in [1.54, 1.807) is 0 Å². The van der Waals surface area contributed by atoms with Gasteiger partial charge in [0, 0.05) is 17.4 Å². The smallest absolute Gasteiger partial charge is 0.166 e. The van der Waals surface area contributed by atoms with Crippen molar-refractivity contribution >= 4 is 11.5 Å². The molecule has 0 aliphatic carbocycles. The highest BCUT2D eigenvalue weighted by atomic mass is 16.6.